The fourth-order valence-electron chi connectivity index (χ4n) is 1.73. The predicted molar refractivity (Wildman–Crippen MR) is 65.5 cm³/mol. The first-order valence-electron chi connectivity index (χ1n) is 5.93. The van der Waals surface area contributed by atoms with Gasteiger partial charge in [0.1, 0.15) is 5.82 Å². The molecule has 1 N–H and O–H groups in total. The van der Waals surface area contributed by atoms with Crippen LogP contribution in [0.15, 0.2) is 12.1 Å². The summed E-state index contributed by atoms with van der Waals surface area (Å²) in [6.45, 7) is 5.11. The second kappa shape index (κ2) is 4.78. The molecule has 2 rings (SSSR count). The smallest absolute Gasteiger partial charge is 0.148 e. The lowest BCUT2D eigenvalue weighted by Crippen LogP contribution is -2.36. The molecule has 1 aromatic heterocycles. The number of nitrogens with zero attached hydrogens (tertiary/aromatic N) is 3. The van der Waals surface area contributed by atoms with Gasteiger partial charge in [-0.05, 0) is 45.9 Å². The predicted octanol–water partition coefficient (Wildman–Crippen LogP) is 1.68. The topological polar surface area (TPSA) is 41.0 Å². The highest BCUT2D eigenvalue weighted by molar-refractivity contribution is 5.32. The van der Waals surface area contributed by atoms with E-state index >= 15 is 0 Å². The molecule has 0 spiro atoms. The average Bonchev–Trinajstić information content (AvgIpc) is 3.11. The fourth-order valence-corrected chi connectivity index (χ4v) is 1.73. The molecule has 1 heterocycles. The number of hydrogen-bond donors (Lipinski definition) is 1. The van der Waals surface area contributed by atoms with Gasteiger partial charge in [-0.15, -0.1) is 5.10 Å². The summed E-state index contributed by atoms with van der Waals surface area (Å²) in [6.07, 6.45) is 2.70. The van der Waals surface area contributed by atoms with E-state index in [4.69, 9.17) is 0 Å². The third kappa shape index (κ3) is 2.92. The van der Waals surface area contributed by atoms with Gasteiger partial charge in [-0.1, -0.05) is 0 Å². The first-order valence-corrected chi connectivity index (χ1v) is 5.93. The number of anilines is 1. The van der Waals surface area contributed by atoms with E-state index in [0.717, 1.165) is 24.1 Å². The molecule has 1 aliphatic carbocycles. The quantitative estimate of drug-likeness (QED) is 0.819. The molecule has 1 fully saturated rings. The second-order valence-corrected chi connectivity index (χ2v) is 4.69. The Labute approximate surface area is 97.1 Å². The van der Waals surface area contributed by atoms with Gasteiger partial charge < -0.3 is 5.32 Å². The summed E-state index contributed by atoms with van der Waals surface area (Å²) in [6, 6.07) is 5.30. The minimum absolute atomic E-state index is 0.538. The first kappa shape index (κ1) is 11.3. The van der Waals surface area contributed by atoms with Crippen LogP contribution in [0.1, 0.15) is 25.5 Å². The molecule has 1 saturated carbocycles. The maximum absolute atomic E-state index is 4.09. The summed E-state index contributed by atoms with van der Waals surface area (Å²) >= 11 is 0. The molecule has 1 unspecified atom stereocenters. The Hall–Kier alpha value is -1.16. The highest BCUT2D eigenvalue weighted by Gasteiger charge is 2.28. The lowest BCUT2D eigenvalue weighted by Gasteiger charge is -2.24. The number of aromatic nitrogens is 2. The van der Waals surface area contributed by atoms with Gasteiger partial charge in [-0.25, -0.2) is 0 Å². The molecule has 0 amide bonds. The van der Waals surface area contributed by atoms with E-state index in [-0.39, 0.29) is 0 Å². The average molecular weight is 220 g/mol. The zero-order valence-corrected chi connectivity index (χ0v) is 10.3. The molecular weight excluding hydrogens is 200 g/mol. The van der Waals surface area contributed by atoms with Crippen molar-refractivity contribution < 1.29 is 0 Å². The summed E-state index contributed by atoms with van der Waals surface area (Å²) in [5.74, 6) is 0.863. The molecule has 0 aliphatic heterocycles. The first-order chi connectivity index (χ1) is 7.66. The molecule has 1 atom stereocenters. The molecule has 16 heavy (non-hydrogen) atoms. The second-order valence-electron chi connectivity index (χ2n) is 4.69. The Kier molecular flexibility index (Phi) is 3.39. The van der Waals surface area contributed by atoms with E-state index in [1.807, 2.05) is 19.1 Å². The molecule has 4 nitrogen and oxygen atoms in total. The summed E-state index contributed by atoms with van der Waals surface area (Å²) in [5, 5.41) is 11.4. The van der Waals surface area contributed by atoms with Crippen molar-refractivity contribution >= 4 is 5.82 Å². The van der Waals surface area contributed by atoms with Crippen molar-refractivity contribution in [1.82, 2.24) is 15.1 Å². The van der Waals surface area contributed by atoms with E-state index in [0.29, 0.717) is 6.04 Å². The van der Waals surface area contributed by atoms with Crippen LogP contribution < -0.4 is 5.32 Å². The van der Waals surface area contributed by atoms with Crippen LogP contribution in [0.5, 0.6) is 0 Å². The highest BCUT2D eigenvalue weighted by Crippen LogP contribution is 2.26. The van der Waals surface area contributed by atoms with Crippen LogP contribution in [-0.4, -0.2) is 40.8 Å². The Morgan fingerprint density at radius 3 is 2.75 bits per heavy atom. The molecule has 1 aliphatic rings. The molecule has 88 valence electrons. The van der Waals surface area contributed by atoms with Crippen molar-refractivity contribution in [2.75, 3.05) is 18.9 Å². The van der Waals surface area contributed by atoms with Gasteiger partial charge in [-0.3, -0.25) is 4.90 Å². The van der Waals surface area contributed by atoms with E-state index in [1.54, 1.807) is 0 Å². The monoisotopic (exact) mass is 220 g/mol. The van der Waals surface area contributed by atoms with Crippen LogP contribution in [0.4, 0.5) is 5.82 Å². The molecular formula is C12H20N4. The Morgan fingerprint density at radius 1 is 1.44 bits per heavy atom. The molecule has 0 saturated heterocycles. The summed E-state index contributed by atoms with van der Waals surface area (Å²) in [7, 11) is 2.20. The van der Waals surface area contributed by atoms with Gasteiger partial charge in [0.05, 0.1) is 5.69 Å². The summed E-state index contributed by atoms with van der Waals surface area (Å²) < 4.78 is 0. The third-order valence-corrected chi connectivity index (χ3v) is 3.19. The SMILES string of the molecule is Cc1ccc(NCC(C)N(C)C2CC2)nn1. The van der Waals surface area contributed by atoms with E-state index in [1.165, 1.54) is 12.8 Å². The highest BCUT2D eigenvalue weighted by atomic mass is 15.2. The lowest BCUT2D eigenvalue weighted by atomic mass is 10.3. The van der Waals surface area contributed by atoms with Crippen molar-refractivity contribution in [2.24, 2.45) is 0 Å². The standard InChI is InChI=1S/C12H20N4/c1-9-4-7-12(15-14-9)13-8-10(2)16(3)11-5-6-11/h4,7,10-11H,5-6,8H2,1-3H3,(H,13,15). The van der Waals surface area contributed by atoms with Gasteiger partial charge in [0, 0.05) is 18.6 Å². The normalized spacial score (nSPS) is 17.5. The van der Waals surface area contributed by atoms with Crippen LogP contribution in [0.25, 0.3) is 0 Å². The fraction of sp³-hybridized carbons (Fsp3) is 0.667. The minimum Gasteiger partial charge on any atom is -0.367 e. The lowest BCUT2D eigenvalue weighted by molar-refractivity contribution is 0.257. The van der Waals surface area contributed by atoms with Crippen LogP contribution in [0, 0.1) is 6.92 Å². The van der Waals surface area contributed by atoms with Crippen molar-refractivity contribution in [1.29, 1.82) is 0 Å². The van der Waals surface area contributed by atoms with E-state index in [9.17, 15) is 0 Å². The van der Waals surface area contributed by atoms with Crippen molar-refractivity contribution in [3.05, 3.63) is 17.8 Å². The largest absolute Gasteiger partial charge is 0.367 e. The van der Waals surface area contributed by atoms with Crippen LogP contribution in [0.3, 0.4) is 0 Å². The van der Waals surface area contributed by atoms with Crippen molar-refractivity contribution in [3.8, 4) is 0 Å². The number of aryl methyl sites for hydroxylation is 1. The van der Waals surface area contributed by atoms with Gasteiger partial charge in [-0.2, -0.15) is 5.10 Å². The van der Waals surface area contributed by atoms with Gasteiger partial charge in [0.2, 0.25) is 0 Å². The number of likely N-dealkylation sites (N-methyl/N-ethyl adjacent to an activating group) is 1. The zero-order valence-electron chi connectivity index (χ0n) is 10.3. The minimum atomic E-state index is 0.538. The maximum Gasteiger partial charge on any atom is 0.148 e. The van der Waals surface area contributed by atoms with E-state index in [2.05, 4.69) is 34.4 Å². The molecule has 0 aromatic carbocycles. The summed E-state index contributed by atoms with van der Waals surface area (Å²) in [4.78, 5) is 2.44. The third-order valence-electron chi connectivity index (χ3n) is 3.19. The Balaban J connectivity index is 1.79. The van der Waals surface area contributed by atoms with Crippen LogP contribution >= 0.6 is 0 Å². The zero-order chi connectivity index (χ0) is 11.5. The van der Waals surface area contributed by atoms with Crippen molar-refractivity contribution in [3.63, 3.8) is 0 Å². The number of nitrogens with one attached hydrogen (secondary N) is 1. The van der Waals surface area contributed by atoms with Gasteiger partial charge >= 0.3 is 0 Å². The van der Waals surface area contributed by atoms with E-state index < -0.39 is 0 Å². The molecule has 0 radical (unpaired) electrons. The Morgan fingerprint density at radius 2 is 2.19 bits per heavy atom. The van der Waals surface area contributed by atoms with Gasteiger partial charge in [0.15, 0.2) is 0 Å². The maximum atomic E-state index is 4.09. The van der Waals surface area contributed by atoms with Crippen LogP contribution in [0.2, 0.25) is 0 Å². The Bertz CT molecular complexity index is 331. The number of rotatable bonds is 5. The van der Waals surface area contributed by atoms with Crippen LogP contribution in [-0.2, 0) is 0 Å². The van der Waals surface area contributed by atoms with Gasteiger partial charge in [0.25, 0.3) is 0 Å². The van der Waals surface area contributed by atoms with Crippen molar-refractivity contribution in [2.45, 2.75) is 38.8 Å². The summed E-state index contributed by atoms with van der Waals surface area (Å²) in [5.41, 5.74) is 0.952. The molecule has 0 bridgehead atoms. The number of hydrogen-bond acceptors (Lipinski definition) is 4. The molecule has 4 heteroatoms. The molecule has 1 aromatic rings.